The monoisotopic (exact) mass is 242 g/mol. The van der Waals surface area contributed by atoms with E-state index in [-0.39, 0.29) is 6.61 Å². The summed E-state index contributed by atoms with van der Waals surface area (Å²) in [7, 11) is 2.08. The van der Waals surface area contributed by atoms with Crippen LogP contribution in [0.5, 0.6) is 0 Å². The number of nitrogens with zero attached hydrogens (tertiary/aromatic N) is 2. The highest BCUT2D eigenvalue weighted by atomic mass is 32.1. The zero-order valence-electron chi connectivity index (χ0n) is 10.8. The summed E-state index contributed by atoms with van der Waals surface area (Å²) in [5.41, 5.74) is 0.950. The van der Waals surface area contributed by atoms with Crippen LogP contribution in [0.15, 0.2) is 0 Å². The van der Waals surface area contributed by atoms with E-state index in [1.165, 1.54) is 0 Å². The van der Waals surface area contributed by atoms with Gasteiger partial charge in [-0.05, 0) is 26.2 Å². The fraction of sp³-hybridized carbons (Fsp3) is 0.750. The van der Waals surface area contributed by atoms with Gasteiger partial charge in [-0.15, -0.1) is 0 Å². The van der Waals surface area contributed by atoms with E-state index in [9.17, 15) is 0 Å². The molecule has 1 unspecified atom stereocenters. The van der Waals surface area contributed by atoms with Gasteiger partial charge >= 0.3 is 0 Å². The first kappa shape index (κ1) is 13.5. The number of aromatic nitrogens is 1. The molecule has 0 spiro atoms. The fourth-order valence-corrected chi connectivity index (χ4v) is 2.72. The second kappa shape index (κ2) is 5.64. The van der Waals surface area contributed by atoms with Gasteiger partial charge < -0.3 is 10.0 Å². The summed E-state index contributed by atoms with van der Waals surface area (Å²) in [6, 6.07) is 0.483. The third-order valence-electron chi connectivity index (χ3n) is 2.80. The van der Waals surface area contributed by atoms with Crippen LogP contribution in [-0.4, -0.2) is 23.2 Å². The molecular weight excluding hydrogens is 220 g/mol. The number of aliphatic hydroxyl groups excluding tert-OH is 1. The van der Waals surface area contributed by atoms with Crippen molar-refractivity contribution in [1.29, 1.82) is 0 Å². The molecule has 3 nitrogen and oxygen atoms in total. The molecule has 1 aromatic rings. The molecule has 1 rings (SSSR count). The van der Waals surface area contributed by atoms with Crippen molar-refractivity contribution in [3.63, 3.8) is 0 Å². The van der Waals surface area contributed by atoms with Crippen LogP contribution >= 0.6 is 11.3 Å². The number of rotatable bonds is 5. The molecule has 0 amide bonds. The Morgan fingerprint density at radius 2 is 2.00 bits per heavy atom. The van der Waals surface area contributed by atoms with Crippen molar-refractivity contribution in [3.8, 4) is 0 Å². The zero-order valence-corrected chi connectivity index (χ0v) is 11.6. The largest absolute Gasteiger partial charge is 0.391 e. The van der Waals surface area contributed by atoms with Crippen molar-refractivity contribution in [2.75, 3.05) is 11.9 Å². The van der Waals surface area contributed by atoms with Gasteiger partial charge in [-0.2, -0.15) is 0 Å². The van der Waals surface area contributed by atoms with Crippen molar-refractivity contribution in [2.45, 2.75) is 46.8 Å². The first-order valence-electron chi connectivity index (χ1n) is 5.75. The molecule has 0 saturated heterocycles. The average Bonchev–Trinajstić information content (AvgIpc) is 2.57. The Morgan fingerprint density at radius 1 is 1.38 bits per heavy atom. The summed E-state index contributed by atoms with van der Waals surface area (Å²) in [5, 5.41) is 10.2. The lowest BCUT2D eigenvalue weighted by molar-refractivity contribution is 0.284. The number of aliphatic hydroxyl groups is 1. The Bertz CT molecular complexity index is 336. The first-order valence-corrected chi connectivity index (χ1v) is 6.57. The van der Waals surface area contributed by atoms with Crippen molar-refractivity contribution in [2.24, 2.45) is 5.92 Å². The van der Waals surface area contributed by atoms with Gasteiger partial charge in [-0.25, -0.2) is 4.98 Å². The van der Waals surface area contributed by atoms with E-state index in [0.717, 1.165) is 22.1 Å². The van der Waals surface area contributed by atoms with Crippen LogP contribution in [-0.2, 0) is 6.61 Å². The Labute approximate surface area is 102 Å². The minimum atomic E-state index is 0.0932. The maximum Gasteiger partial charge on any atom is 0.185 e. The molecule has 92 valence electrons. The highest BCUT2D eigenvalue weighted by Crippen LogP contribution is 2.27. The van der Waals surface area contributed by atoms with Crippen molar-refractivity contribution in [1.82, 2.24) is 4.98 Å². The minimum absolute atomic E-state index is 0.0932. The molecule has 1 atom stereocenters. The van der Waals surface area contributed by atoms with Crippen molar-refractivity contribution < 1.29 is 5.11 Å². The topological polar surface area (TPSA) is 36.4 Å². The Kier molecular flexibility index (Phi) is 4.74. The molecule has 0 aliphatic rings. The van der Waals surface area contributed by atoms with Crippen LogP contribution in [0.4, 0.5) is 5.13 Å². The highest BCUT2D eigenvalue weighted by molar-refractivity contribution is 7.15. The number of hydrogen-bond acceptors (Lipinski definition) is 4. The lowest BCUT2D eigenvalue weighted by Gasteiger charge is -2.25. The average molecular weight is 242 g/mol. The molecule has 0 bridgehead atoms. The molecule has 0 aliphatic heterocycles. The summed E-state index contributed by atoms with van der Waals surface area (Å²) in [5.74, 6) is 0.691. The molecule has 0 aliphatic carbocycles. The van der Waals surface area contributed by atoms with Crippen LogP contribution < -0.4 is 4.90 Å². The minimum Gasteiger partial charge on any atom is -0.391 e. The quantitative estimate of drug-likeness (QED) is 0.862. The lowest BCUT2D eigenvalue weighted by Crippen LogP contribution is -2.29. The Morgan fingerprint density at radius 3 is 2.44 bits per heavy atom. The molecular formula is C12H22N2OS. The van der Waals surface area contributed by atoms with Gasteiger partial charge in [0.15, 0.2) is 5.13 Å². The molecule has 1 N–H and O–H groups in total. The second-order valence-electron chi connectivity index (χ2n) is 4.75. The predicted octanol–water partition coefficient (Wildman–Crippen LogP) is 2.81. The molecule has 0 fully saturated rings. The van der Waals surface area contributed by atoms with Crippen LogP contribution in [0, 0.1) is 12.8 Å². The van der Waals surface area contributed by atoms with Gasteiger partial charge in [0, 0.05) is 13.1 Å². The molecule has 4 heteroatoms. The van der Waals surface area contributed by atoms with E-state index in [1.807, 2.05) is 6.92 Å². The summed E-state index contributed by atoms with van der Waals surface area (Å²) >= 11 is 1.59. The second-order valence-corrected chi connectivity index (χ2v) is 5.81. The van der Waals surface area contributed by atoms with Crippen molar-refractivity contribution in [3.05, 3.63) is 10.6 Å². The number of thiazole rings is 1. The summed E-state index contributed by atoms with van der Waals surface area (Å²) < 4.78 is 0. The normalized spacial score (nSPS) is 13.2. The van der Waals surface area contributed by atoms with E-state index in [0.29, 0.717) is 12.0 Å². The van der Waals surface area contributed by atoms with E-state index in [2.05, 4.69) is 37.7 Å². The van der Waals surface area contributed by atoms with Crippen LogP contribution in [0.25, 0.3) is 0 Å². The predicted molar refractivity (Wildman–Crippen MR) is 70.1 cm³/mol. The highest BCUT2D eigenvalue weighted by Gasteiger charge is 2.16. The smallest absolute Gasteiger partial charge is 0.185 e. The van der Waals surface area contributed by atoms with Crippen LogP contribution in [0.1, 0.15) is 37.8 Å². The fourth-order valence-electron chi connectivity index (χ4n) is 1.74. The Hall–Kier alpha value is -0.610. The SMILES string of the molecule is Cc1nc(N(C)C(C)CC(C)C)sc1CO. The Balaban J connectivity index is 2.75. The molecule has 0 aromatic carbocycles. The summed E-state index contributed by atoms with van der Waals surface area (Å²) in [6.07, 6.45) is 1.16. The molecule has 1 heterocycles. The van der Waals surface area contributed by atoms with Gasteiger partial charge in [0.2, 0.25) is 0 Å². The molecule has 0 saturated carbocycles. The molecule has 16 heavy (non-hydrogen) atoms. The lowest BCUT2D eigenvalue weighted by atomic mass is 10.0. The first-order chi connectivity index (χ1) is 7.45. The van der Waals surface area contributed by atoms with Gasteiger partial charge in [0.25, 0.3) is 0 Å². The number of anilines is 1. The van der Waals surface area contributed by atoms with Gasteiger partial charge in [-0.3, -0.25) is 0 Å². The summed E-state index contributed by atoms with van der Waals surface area (Å²) in [6.45, 7) is 8.73. The van der Waals surface area contributed by atoms with Crippen LogP contribution in [0.3, 0.4) is 0 Å². The van der Waals surface area contributed by atoms with E-state index < -0.39 is 0 Å². The van der Waals surface area contributed by atoms with Gasteiger partial charge in [0.05, 0.1) is 17.2 Å². The third kappa shape index (κ3) is 3.19. The van der Waals surface area contributed by atoms with Gasteiger partial charge in [-0.1, -0.05) is 25.2 Å². The summed E-state index contributed by atoms with van der Waals surface area (Å²) in [4.78, 5) is 7.67. The standard InChI is InChI=1S/C12H22N2OS/c1-8(2)6-9(3)14(5)12-13-10(4)11(7-15)16-12/h8-9,15H,6-7H2,1-5H3. The number of aryl methyl sites for hydroxylation is 1. The number of hydrogen-bond donors (Lipinski definition) is 1. The van der Waals surface area contributed by atoms with E-state index in [4.69, 9.17) is 5.11 Å². The van der Waals surface area contributed by atoms with E-state index >= 15 is 0 Å². The van der Waals surface area contributed by atoms with E-state index in [1.54, 1.807) is 11.3 Å². The van der Waals surface area contributed by atoms with Crippen molar-refractivity contribution >= 4 is 16.5 Å². The zero-order chi connectivity index (χ0) is 12.3. The van der Waals surface area contributed by atoms with Crippen LogP contribution in [0.2, 0.25) is 0 Å². The maximum atomic E-state index is 9.15. The van der Waals surface area contributed by atoms with Gasteiger partial charge in [0.1, 0.15) is 0 Å². The third-order valence-corrected chi connectivity index (χ3v) is 4.03. The molecule has 1 aromatic heterocycles. The molecule has 0 radical (unpaired) electrons. The maximum absolute atomic E-state index is 9.15.